The van der Waals surface area contributed by atoms with E-state index in [1.165, 1.54) is 6.07 Å². The number of benzene rings is 2. The Labute approximate surface area is 115 Å². The van der Waals surface area contributed by atoms with Gasteiger partial charge < -0.3 is 5.73 Å². The van der Waals surface area contributed by atoms with E-state index in [0.29, 0.717) is 16.5 Å². The van der Waals surface area contributed by atoms with Gasteiger partial charge in [-0.1, -0.05) is 24.3 Å². The van der Waals surface area contributed by atoms with Crippen molar-refractivity contribution in [2.45, 2.75) is 4.90 Å². The average Bonchev–Trinajstić information content (AvgIpc) is 2.16. The molecule has 0 saturated carbocycles. The second-order valence-corrected chi connectivity index (χ2v) is 4.56. The van der Waals surface area contributed by atoms with Crippen molar-refractivity contribution in [1.82, 2.24) is 0 Å². The third-order valence-corrected chi connectivity index (χ3v) is 3.11. The van der Waals surface area contributed by atoms with Gasteiger partial charge in [0.2, 0.25) is 0 Å². The minimum absolute atomic E-state index is 0. The monoisotopic (exact) mass is 246 g/mol. The Bertz CT molecular complexity index is 625. The molecule has 16 heavy (non-hydrogen) atoms. The summed E-state index contributed by atoms with van der Waals surface area (Å²) in [5.41, 5.74) is 6.18. The van der Waals surface area contributed by atoms with Crippen LogP contribution in [0.15, 0.2) is 41.3 Å². The minimum Gasteiger partial charge on any atom is -0.398 e. The summed E-state index contributed by atoms with van der Waals surface area (Å²) in [6.07, 6.45) is 0. The van der Waals surface area contributed by atoms with Crippen molar-refractivity contribution in [2.24, 2.45) is 0 Å². The van der Waals surface area contributed by atoms with E-state index < -0.39 is 10.1 Å². The molecule has 1 radical (unpaired) electrons. The zero-order chi connectivity index (χ0) is 11.1. The third kappa shape index (κ3) is 2.39. The molecule has 0 aliphatic carbocycles. The minimum atomic E-state index is -4.20. The molecule has 2 aromatic carbocycles. The molecule has 0 aliphatic heterocycles. The van der Waals surface area contributed by atoms with Gasteiger partial charge in [-0.15, -0.1) is 0 Å². The molecule has 2 aromatic rings. The molecular weight excluding hydrogens is 237 g/mol. The zero-order valence-electron chi connectivity index (χ0n) is 8.71. The van der Waals surface area contributed by atoms with Crippen molar-refractivity contribution >= 4 is 56.1 Å². The maximum atomic E-state index is 11.1. The van der Waals surface area contributed by atoms with Crippen LogP contribution in [0.1, 0.15) is 0 Å². The van der Waals surface area contributed by atoms with Gasteiger partial charge in [0.15, 0.2) is 0 Å². The Morgan fingerprint density at radius 1 is 1.00 bits per heavy atom. The zero-order valence-corrected chi connectivity index (χ0v) is 11.5. The van der Waals surface area contributed by atoms with Crippen LogP contribution in [0, 0.1) is 0 Å². The molecule has 0 fully saturated rings. The van der Waals surface area contributed by atoms with Crippen LogP contribution in [0.25, 0.3) is 10.8 Å². The number of nitrogens with two attached hydrogens (primary N) is 1. The first kappa shape index (κ1) is 13.5. The summed E-state index contributed by atoms with van der Waals surface area (Å²) in [4.78, 5) is -0.118. The van der Waals surface area contributed by atoms with Crippen molar-refractivity contribution in [2.75, 3.05) is 5.73 Å². The largest absolute Gasteiger partial charge is 0.398 e. The van der Waals surface area contributed by atoms with Crippen molar-refractivity contribution in [1.29, 1.82) is 0 Å². The van der Waals surface area contributed by atoms with E-state index in [9.17, 15) is 8.42 Å². The van der Waals surface area contributed by atoms with E-state index in [1.54, 1.807) is 30.3 Å². The molecule has 0 aliphatic rings. The Kier molecular flexibility index (Phi) is 3.98. The molecule has 0 aromatic heterocycles. The van der Waals surface area contributed by atoms with E-state index in [4.69, 9.17) is 10.3 Å². The molecule has 6 heteroatoms. The number of hydrogen-bond donors (Lipinski definition) is 2. The Morgan fingerprint density at radius 3 is 2.19 bits per heavy atom. The van der Waals surface area contributed by atoms with E-state index in [2.05, 4.69) is 0 Å². The quantitative estimate of drug-likeness (QED) is 0.451. The Balaban J connectivity index is 0.00000128. The van der Waals surface area contributed by atoms with Crippen molar-refractivity contribution in [3.05, 3.63) is 36.4 Å². The van der Waals surface area contributed by atoms with E-state index >= 15 is 0 Å². The molecule has 4 nitrogen and oxygen atoms in total. The Hall–Kier alpha value is -0.590. The van der Waals surface area contributed by atoms with Crippen LogP contribution in [0.4, 0.5) is 5.69 Å². The molecule has 0 heterocycles. The first-order valence-corrected chi connectivity index (χ1v) is 5.69. The van der Waals surface area contributed by atoms with Gasteiger partial charge in [0.05, 0.1) is 0 Å². The third-order valence-electron chi connectivity index (χ3n) is 2.19. The molecule has 79 valence electrons. The second kappa shape index (κ2) is 4.73. The Morgan fingerprint density at radius 2 is 1.56 bits per heavy atom. The molecule has 0 bridgehead atoms. The maximum absolute atomic E-state index is 11.1. The summed E-state index contributed by atoms with van der Waals surface area (Å²) in [6.45, 7) is 0. The molecule has 2 rings (SSSR count). The smallest absolute Gasteiger partial charge is 0.295 e. The normalized spacial score (nSPS) is 11.1. The van der Waals surface area contributed by atoms with Gasteiger partial charge in [0.25, 0.3) is 10.1 Å². The molecule has 0 unspecified atom stereocenters. The van der Waals surface area contributed by atoms with Gasteiger partial charge in [-0.2, -0.15) is 8.42 Å². The summed E-state index contributed by atoms with van der Waals surface area (Å²) in [6, 6.07) is 9.52. The fourth-order valence-corrected chi connectivity index (χ4v) is 2.24. The SMILES string of the molecule is Nc1cccc2c(S(=O)(=O)O)cccc12.[Na]. The summed E-state index contributed by atoms with van der Waals surface area (Å²) >= 11 is 0. The molecule has 3 N–H and O–H groups in total. The fourth-order valence-electron chi connectivity index (χ4n) is 1.53. The number of anilines is 1. The predicted octanol–water partition coefficient (Wildman–Crippen LogP) is 1.29. The predicted molar refractivity (Wildman–Crippen MR) is 63.9 cm³/mol. The molecule has 0 atom stereocenters. The van der Waals surface area contributed by atoms with Gasteiger partial charge in [-0.05, 0) is 12.1 Å². The molecular formula is C10H9NNaO3S. The molecule has 0 saturated heterocycles. The van der Waals surface area contributed by atoms with Crippen LogP contribution >= 0.6 is 0 Å². The molecule has 0 spiro atoms. The van der Waals surface area contributed by atoms with E-state index in [-0.39, 0.29) is 34.5 Å². The fraction of sp³-hybridized carbons (Fsp3) is 0. The number of hydrogen-bond acceptors (Lipinski definition) is 3. The van der Waals surface area contributed by atoms with Crippen LogP contribution in [0.3, 0.4) is 0 Å². The standard InChI is InChI=1S/C10H9NO3S.Na/c11-9-5-1-4-8-7(9)3-2-6-10(8)15(12,13)14;/h1-6H,11H2,(H,12,13,14);. The van der Waals surface area contributed by atoms with Crippen molar-refractivity contribution in [3.8, 4) is 0 Å². The van der Waals surface area contributed by atoms with Gasteiger partial charge in [0.1, 0.15) is 4.90 Å². The van der Waals surface area contributed by atoms with Gasteiger partial charge in [0, 0.05) is 46.0 Å². The second-order valence-electron chi connectivity index (χ2n) is 3.17. The summed E-state index contributed by atoms with van der Waals surface area (Å²) in [5, 5.41) is 1.05. The number of nitrogen functional groups attached to an aromatic ring is 1. The number of rotatable bonds is 1. The van der Waals surface area contributed by atoms with Crippen molar-refractivity contribution < 1.29 is 13.0 Å². The van der Waals surface area contributed by atoms with Crippen LogP contribution < -0.4 is 5.73 Å². The van der Waals surface area contributed by atoms with Crippen molar-refractivity contribution in [3.63, 3.8) is 0 Å². The summed E-state index contributed by atoms with van der Waals surface area (Å²) in [5.74, 6) is 0. The van der Waals surface area contributed by atoms with Gasteiger partial charge >= 0.3 is 0 Å². The summed E-state index contributed by atoms with van der Waals surface area (Å²) < 4.78 is 31.2. The van der Waals surface area contributed by atoms with Crippen LogP contribution in [-0.2, 0) is 10.1 Å². The first-order valence-electron chi connectivity index (χ1n) is 4.25. The summed E-state index contributed by atoms with van der Waals surface area (Å²) in [7, 11) is -4.20. The van der Waals surface area contributed by atoms with E-state index in [0.717, 1.165) is 0 Å². The topological polar surface area (TPSA) is 80.4 Å². The molecule has 0 amide bonds. The van der Waals surface area contributed by atoms with E-state index in [1.807, 2.05) is 0 Å². The van der Waals surface area contributed by atoms with Gasteiger partial charge in [-0.3, -0.25) is 4.55 Å². The maximum Gasteiger partial charge on any atom is 0.295 e. The average molecular weight is 246 g/mol. The van der Waals surface area contributed by atoms with Crippen LogP contribution in [0.2, 0.25) is 0 Å². The number of fused-ring (bicyclic) bond motifs is 1. The van der Waals surface area contributed by atoms with Crippen LogP contribution in [-0.4, -0.2) is 42.5 Å². The first-order chi connectivity index (χ1) is 7.00. The van der Waals surface area contributed by atoms with Gasteiger partial charge in [-0.25, -0.2) is 0 Å². The van der Waals surface area contributed by atoms with Crippen LogP contribution in [0.5, 0.6) is 0 Å².